The molecule has 5 N–H and O–H groups in total. The minimum absolute atomic E-state index is 0.0247. The van der Waals surface area contributed by atoms with Crippen molar-refractivity contribution in [1.29, 1.82) is 0 Å². The molecule has 0 fully saturated rings. The fraction of sp³-hybridized carbons (Fsp3) is 0.750. The molecule has 0 aromatic carbocycles. The number of esters is 3. The molecular weight excluding hydrogens is 416 g/mol. The molecule has 3 unspecified atom stereocenters. The number of hydrogen-bond acceptors (Lipinski definition) is 11. The summed E-state index contributed by atoms with van der Waals surface area (Å²) in [5, 5.41) is 47.8. The number of hydrogen-bond donors (Lipinski definition) is 5. The highest BCUT2D eigenvalue weighted by Gasteiger charge is 2.30. The molecule has 0 saturated heterocycles. The zero-order valence-electron chi connectivity index (χ0n) is 18.3. The Bertz CT molecular complexity index is 623. The van der Waals surface area contributed by atoms with E-state index < -0.39 is 67.4 Å². The lowest BCUT2D eigenvalue weighted by atomic mass is 9.94. The fourth-order valence-electron chi connectivity index (χ4n) is 2.31. The van der Waals surface area contributed by atoms with Crippen LogP contribution in [-0.4, -0.2) is 86.9 Å². The maximum Gasteiger partial charge on any atom is 0.311 e. The van der Waals surface area contributed by atoms with Gasteiger partial charge < -0.3 is 39.7 Å². The van der Waals surface area contributed by atoms with Crippen molar-refractivity contribution in [3.63, 3.8) is 0 Å². The van der Waals surface area contributed by atoms with Gasteiger partial charge in [0.25, 0.3) is 0 Å². The Morgan fingerprint density at radius 3 is 1.68 bits per heavy atom. The summed E-state index contributed by atoms with van der Waals surface area (Å²) in [5.74, 6) is -2.47. The minimum Gasteiger partial charge on any atom is -0.465 e. The van der Waals surface area contributed by atoms with Crippen molar-refractivity contribution >= 4 is 17.9 Å². The van der Waals surface area contributed by atoms with Gasteiger partial charge in [-0.05, 0) is 32.8 Å². The molecule has 0 aliphatic heterocycles. The Hall–Kier alpha value is -2.05. The van der Waals surface area contributed by atoms with Crippen molar-refractivity contribution in [1.82, 2.24) is 0 Å². The van der Waals surface area contributed by atoms with E-state index in [9.17, 15) is 29.7 Å². The first-order valence-electron chi connectivity index (χ1n) is 9.68. The molecular formula is C20H34O11. The van der Waals surface area contributed by atoms with E-state index in [1.807, 2.05) is 0 Å². The molecule has 0 radical (unpaired) electrons. The lowest BCUT2D eigenvalue weighted by molar-refractivity contribution is -0.172. The summed E-state index contributed by atoms with van der Waals surface area (Å²) < 4.78 is 14.3. The van der Waals surface area contributed by atoms with E-state index in [0.717, 1.165) is 0 Å². The second-order valence-corrected chi connectivity index (χ2v) is 8.15. The van der Waals surface area contributed by atoms with Crippen molar-refractivity contribution in [3.05, 3.63) is 12.2 Å². The summed E-state index contributed by atoms with van der Waals surface area (Å²) in [6.45, 7) is 5.69. The first-order valence-corrected chi connectivity index (χ1v) is 9.68. The lowest BCUT2D eigenvalue weighted by Gasteiger charge is -2.25. The molecule has 0 saturated carbocycles. The van der Waals surface area contributed by atoms with Crippen molar-refractivity contribution in [3.8, 4) is 0 Å². The minimum atomic E-state index is -1.64. The predicted molar refractivity (Wildman–Crippen MR) is 106 cm³/mol. The monoisotopic (exact) mass is 450 g/mol. The van der Waals surface area contributed by atoms with E-state index in [1.165, 1.54) is 20.8 Å². The third kappa shape index (κ3) is 13.1. The summed E-state index contributed by atoms with van der Waals surface area (Å²) in [5.41, 5.74) is -4.61. The van der Waals surface area contributed by atoms with Gasteiger partial charge in [-0.25, -0.2) is 0 Å². The molecule has 180 valence electrons. The van der Waals surface area contributed by atoms with Gasteiger partial charge in [0.2, 0.25) is 6.79 Å². The van der Waals surface area contributed by atoms with E-state index in [-0.39, 0.29) is 31.6 Å². The van der Waals surface area contributed by atoms with Crippen LogP contribution in [0.15, 0.2) is 12.2 Å². The van der Waals surface area contributed by atoms with Crippen LogP contribution < -0.4 is 0 Å². The Morgan fingerprint density at radius 1 is 0.774 bits per heavy atom. The quantitative estimate of drug-likeness (QED) is 0.121. The average molecular weight is 450 g/mol. The van der Waals surface area contributed by atoms with E-state index in [2.05, 4.69) is 11.3 Å². The van der Waals surface area contributed by atoms with Crippen LogP contribution in [0.4, 0.5) is 0 Å². The summed E-state index contributed by atoms with van der Waals surface area (Å²) in [7, 11) is 0. The molecule has 31 heavy (non-hydrogen) atoms. The SMILES string of the molecule is C=C(CO)C(C)(O)CC(=O)OCCC(C)(O)CC(=O)OCOC(=O)CC(C)(O)CCO. The molecule has 0 rings (SSSR count). The number of carbonyl (C=O) groups is 3. The van der Waals surface area contributed by atoms with Crippen molar-refractivity contribution in [2.24, 2.45) is 0 Å². The molecule has 0 amide bonds. The Morgan fingerprint density at radius 2 is 1.23 bits per heavy atom. The molecule has 11 nitrogen and oxygen atoms in total. The van der Waals surface area contributed by atoms with Crippen molar-refractivity contribution in [2.45, 2.75) is 69.7 Å². The molecule has 3 atom stereocenters. The Labute approximate surface area is 181 Å². The van der Waals surface area contributed by atoms with Crippen LogP contribution in [0.2, 0.25) is 0 Å². The van der Waals surface area contributed by atoms with E-state index in [1.54, 1.807) is 0 Å². The molecule has 11 heteroatoms. The predicted octanol–water partition coefficient (Wildman–Crippen LogP) is -0.682. The molecule has 0 spiro atoms. The van der Waals surface area contributed by atoms with E-state index in [0.29, 0.717) is 0 Å². The van der Waals surface area contributed by atoms with Crippen LogP contribution in [0.1, 0.15) is 52.9 Å². The molecule has 0 aliphatic rings. The standard InChI is InChI=1S/C20H34O11/c1-14(12-22)20(4,28)11-17(25)29-8-6-19(3,27)10-16(24)31-13-30-15(23)9-18(2,26)5-7-21/h21-22,26-28H,1,5-13H2,2-4H3. The van der Waals surface area contributed by atoms with Gasteiger partial charge in [-0.15, -0.1) is 0 Å². The van der Waals surface area contributed by atoms with E-state index >= 15 is 0 Å². The topological polar surface area (TPSA) is 180 Å². The fourth-order valence-corrected chi connectivity index (χ4v) is 2.31. The van der Waals surface area contributed by atoms with Crippen LogP contribution in [0.3, 0.4) is 0 Å². The van der Waals surface area contributed by atoms with Crippen LogP contribution in [0.5, 0.6) is 0 Å². The average Bonchev–Trinajstić information content (AvgIpc) is 2.58. The second-order valence-electron chi connectivity index (χ2n) is 8.15. The highest BCUT2D eigenvalue weighted by Crippen LogP contribution is 2.20. The zero-order valence-corrected chi connectivity index (χ0v) is 18.3. The molecule has 0 bridgehead atoms. The number of aliphatic hydroxyl groups is 5. The number of aliphatic hydroxyl groups excluding tert-OH is 2. The summed E-state index contributed by atoms with van der Waals surface area (Å²) >= 11 is 0. The van der Waals surface area contributed by atoms with Gasteiger partial charge in [-0.2, -0.15) is 0 Å². The normalized spacial score (nSPS) is 16.9. The Kier molecular flexibility index (Phi) is 11.9. The summed E-state index contributed by atoms with van der Waals surface area (Å²) in [6, 6.07) is 0. The highest BCUT2D eigenvalue weighted by atomic mass is 16.7. The number of rotatable bonds is 15. The number of carbonyl (C=O) groups excluding carboxylic acids is 3. The molecule has 0 aromatic heterocycles. The molecule has 0 heterocycles. The first-order chi connectivity index (χ1) is 14.1. The largest absolute Gasteiger partial charge is 0.465 e. The first kappa shape index (κ1) is 28.9. The van der Waals surface area contributed by atoms with Gasteiger partial charge in [0, 0.05) is 13.0 Å². The summed E-state index contributed by atoms with van der Waals surface area (Å²) in [4.78, 5) is 35.1. The Balaban J connectivity index is 4.25. The highest BCUT2D eigenvalue weighted by molar-refractivity contribution is 5.72. The van der Waals surface area contributed by atoms with Gasteiger partial charge in [-0.1, -0.05) is 6.58 Å². The summed E-state index contributed by atoms with van der Waals surface area (Å²) in [6.07, 6.45) is -1.44. The smallest absolute Gasteiger partial charge is 0.311 e. The maximum absolute atomic E-state index is 11.8. The molecule has 0 aromatic rings. The van der Waals surface area contributed by atoms with Gasteiger partial charge in [0.1, 0.15) is 0 Å². The lowest BCUT2D eigenvalue weighted by Crippen LogP contribution is -2.34. The van der Waals surface area contributed by atoms with Crippen LogP contribution in [-0.2, 0) is 28.6 Å². The number of ether oxygens (including phenoxy) is 3. The second kappa shape index (κ2) is 12.7. The van der Waals surface area contributed by atoms with Crippen LogP contribution in [0.25, 0.3) is 0 Å². The molecule has 0 aliphatic carbocycles. The van der Waals surface area contributed by atoms with Crippen molar-refractivity contribution < 1.29 is 54.1 Å². The maximum atomic E-state index is 11.8. The van der Waals surface area contributed by atoms with Gasteiger partial charge in [0.15, 0.2) is 0 Å². The van der Waals surface area contributed by atoms with Crippen LogP contribution in [0, 0.1) is 0 Å². The zero-order chi connectivity index (χ0) is 24.3. The van der Waals surface area contributed by atoms with Gasteiger partial charge in [-0.3, -0.25) is 14.4 Å². The van der Waals surface area contributed by atoms with E-state index in [4.69, 9.17) is 19.7 Å². The van der Waals surface area contributed by atoms with Gasteiger partial charge in [0.05, 0.1) is 49.3 Å². The van der Waals surface area contributed by atoms with Gasteiger partial charge >= 0.3 is 17.9 Å². The van der Waals surface area contributed by atoms with Crippen LogP contribution >= 0.6 is 0 Å². The third-order valence-electron chi connectivity index (χ3n) is 4.49. The third-order valence-corrected chi connectivity index (χ3v) is 4.49. The van der Waals surface area contributed by atoms with Crippen molar-refractivity contribution in [2.75, 3.05) is 26.6 Å².